The lowest BCUT2D eigenvalue weighted by Gasteiger charge is -2.13. The van der Waals surface area contributed by atoms with Crippen molar-refractivity contribution in [3.05, 3.63) is 0 Å². The first-order valence-electron chi connectivity index (χ1n) is 4.33. The van der Waals surface area contributed by atoms with Gasteiger partial charge in [0.05, 0.1) is 6.10 Å². The van der Waals surface area contributed by atoms with Crippen LogP contribution in [0.1, 0.15) is 20.3 Å². The van der Waals surface area contributed by atoms with Crippen molar-refractivity contribution in [2.45, 2.75) is 38.5 Å². The average molecular weight is 158 g/mol. The van der Waals surface area contributed by atoms with E-state index in [9.17, 15) is 5.11 Å². The van der Waals surface area contributed by atoms with Crippen LogP contribution in [0.2, 0.25) is 0 Å². The zero-order valence-corrected chi connectivity index (χ0v) is 7.30. The first kappa shape index (κ1) is 8.97. The predicted octanol–water partition coefficient (Wildman–Crippen LogP) is -0.293. The van der Waals surface area contributed by atoms with E-state index >= 15 is 0 Å². The molecule has 0 saturated carbocycles. The van der Waals surface area contributed by atoms with Crippen LogP contribution in [0.15, 0.2) is 0 Å². The number of hydrogen-bond acceptors (Lipinski definition) is 3. The second kappa shape index (κ2) is 4.04. The highest BCUT2D eigenvalue weighted by Gasteiger charge is 2.21. The Morgan fingerprint density at radius 2 is 2.36 bits per heavy atom. The maximum Gasteiger partial charge on any atom is 0.0680 e. The van der Waals surface area contributed by atoms with Crippen LogP contribution in [0.4, 0.5) is 0 Å². The van der Waals surface area contributed by atoms with Gasteiger partial charge in [-0.2, -0.15) is 0 Å². The van der Waals surface area contributed by atoms with Crippen molar-refractivity contribution in [2.24, 2.45) is 0 Å². The van der Waals surface area contributed by atoms with Gasteiger partial charge in [0.15, 0.2) is 0 Å². The van der Waals surface area contributed by atoms with Crippen LogP contribution in [0.3, 0.4) is 0 Å². The number of nitrogens with one attached hydrogen (secondary N) is 2. The summed E-state index contributed by atoms with van der Waals surface area (Å²) in [7, 11) is 0. The molecule has 1 rings (SSSR count). The van der Waals surface area contributed by atoms with Gasteiger partial charge in [-0.1, -0.05) is 13.8 Å². The van der Waals surface area contributed by atoms with Crippen molar-refractivity contribution in [2.75, 3.05) is 13.1 Å². The molecule has 0 aromatic heterocycles. The molecule has 0 aliphatic carbocycles. The highest BCUT2D eigenvalue weighted by atomic mass is 16.3. The van der Waals surface area contributed by atoms with Gasteiger partial charge in [-0.25, -0.2) is 0 Å². The molecule has 3 nitrogen and oxygen atoms in total. The number of aliphatic hydroxyl groups is 1. The van der Waals surface area contributed by atoms with Crippen molar-refractivity contribution in [3.8, 4) is 0 Å². The van der Waals surface area contributed by atoms with Gasteiger partial charge in [-0.05, 0) is 6.42 Å². The Kier molecular flexibility index (Phi) is 3.30. The van der Waals surface area contributed by atoms with Gasteiger partial charge in [-0.3, -0.25) is 0 Å². The largest absolute Gasteiger partial charge is 0.392 e. The zero-order chi connectivity index (χ0) is 8.27. The van der Waals surface area contributed by atoms with Gasteiger partial charge >= 0.3 is 0 Å². The summed E-state index contributed by atoms with van der Waals surface area (Å²) in [6.07, 6.45) is 0.758. The summed E-state index contributed by atoms with van der Waals surface area (Å²) in [5, 5.41) is 15.8. The van der Waals surface area contributed by atoms with Gasteiger partial charge < -0.3 is 15.7 Å². The van der Waals surface area contributed by atoms with E-state index in [-0.39, 0.29) is 6.10 Å². The lowest BCUT2D eigenvalue weighted by molar-refractivity contribution is 0.193. The molecule has 3 N–H and O–H groups in total. The van der Waals surface area contributed by atoms with Gasteiger partial charge in [0.1, 0.15) is 0 Å². The number of aliphatic hydroxyl groups excluding tert-OH is 1. The SMILES string of the molecule is CC(C)NCC1CC(O)CN1. The minimum Gasteiger partial charge on any atom is -0.392 e. The molecule has 1 aliphatic heterocycles. The standard InChI is InChI=1S/C8H18N2O/c1-6(2)9-4-7-3-8(11)5-10-7/h6-11H,3-5H2,1-2H3. The maximum atomic E-state index is 9.17. The third kappa shape index (κ3) is 3.18. The van der Waals surface area contributed by atoms with Crippen LogP contribution >= 0.6 is 0 Å². The molecule has 11 heavy (non-hydrogen) atoms. The molecule has 0 aromatic carbocycles. The third-order valence-corrected chi connectivity index (χ3v) is 1.97. The van der Waals surface area contributed by atoms with Crippen molar-refractivity contribution in [3.63, 3.8) is 0 Å². The first-order valence-corrected chi connectivity index (χ1v) is 4.33. The van der Waals surface area contributed by atoms with E-state index in [0.717, 1.165) is 19.5 Å². The Morgan fingerprint density at radius 1 is 1.64 bits per heavy atom. The predicted molar refractivity (Wildman–Crippen MR) is 45.6 cm³/mol. The van der Waals surface area contributed by atoms with E-state index in [4.69, 9.17) is 0 Å². The Labute approximate surface area is 68.2 Å². The van der Waals surface area contributed by atoms with Gasteiger partial charge in [0, 0.05) is 25.2 Å². The first-order chi connectivity index (χ1) is 5.18. The van der Waals surface area contributed by atoms with Crippen LogP contribution in [-0.4, -0.2) is 36.4 Å². The molecule has 0 spiro atoms. The third-order valence-electron chi connectivity index (χ3n) is 1.97. The molecule has 1 aliphatic rings. The second-order valence-corrected chi connectivity index (χ2v) is 3.56. The van der Waals surface area contributed by atoms with Gasteiger partial charge in [-0.15, -0.1) is 0 Å². The molecule has 0 amide bonds. The molecule has 1 heterocycles. The second-order valence-electron chi connectivity index (χ2n) is 3.56. The van der Waals surface area contributed by atoms with Crippen LogP contribution in [-0.2, 0) is 0 Å². The fourth-order valence-corrected chi connectivity index (χ4v) is 1.33. The summed E-state index contributed by atoms with van der Waals surface area (Å²) in [6.45, 7) is 5.98. The molecular formula is C8H18N2O. The minimum absolute atomic E-state index is 0.131. The Bertz CT molecular complexity index is 117. The monoisotopic (exact) mass is 158 g/mol. The molecule has 1 fully saturated rings. The summed E-state index contributed by atoms with van der Waals surface area (Å²) >= 11 is 0. The Morgan fingerprint density at radius 3 is 2.82 bits per heavy atom. The molecule has 1 saturated heterocycles. The van der Waals surface area contributed by atoms with Gasteiger partial charge in [0.25, 0.3) is 0 Å². The van der Waals surface area contributed by atoms with Crippen LogP contribution in [0.25, 0.3) is 0 Å². The van der Waals surface area contributed by atoms with E-state index in [1.165, 1.54) is 0 Å². The Hall–Kier alpha value is -0.120. The van der Waals surface area contributed by atoms with Crippen LogP contribution < -0.4 is 10.6 Å². The Balaban J connectivity index is 2.08. The highest BCUT2D eigenvalue weighted by molar-refractivity contribution is 4.82. The smallest absolute Gasteiger partial charge is 0.0680 e. The molecule has 2 atom stereocenters. The van der Waals surface area contributed by atoms with E-state index < -0.39 is 0 Å². The summed E-state index contributed by atoms with van der Waals surface area (Å²) in [5.74, 6) is 0. The highest BCUT2D eigenvalue weighted by Crippen LogP contribution is 2.04. The van der Waals surface area contributed by atoms with Crippen molar-refractivity contribution >= 4 is 0 Å². The van der Waals surface area contributed by atoms with Crippen LogP contribution in [0, 0.1) is 0 Å². The van der Waals surface area contributed by atoms with Crippen molar-refractivity contribution in [1.82, 2.24) is 10.6 Å². The summed E-state index contributed by atoms with van der Waals surface area (Å²) in [4.78, 5) is 0. The molecule has 3 heteroatoms. The molecule has 2 unspecified atom stereocenters. The molecule has 66 valence electrons. The van der Waals surface area contributed by atoms with Crippen molar-refractivity contribution < 1.29 is 5.11 Å². The quantitative estimate of drug-likeness (QED) is 0.529. The summed E-state index contributed by atoms with van der Waals surface area (Å²) < 4.78 is 0. The van der Waals surface area contributed by atoms with Gasteiger partial charge in [0.2, 0.25) is 0 Å². The van der Waals surface area contributed by atoms with Crippen LogP contribution in [0.5, 0.6) is 0 Å². The van der Waals surface area contributed by atoms with E-state index in [1.807, 2.05) is 0 Å². The van der Waals surface area contributed by atoms with E-state index in [0.29, 0.717) is 12.1 Å². The van der Waals surface area contributed by atoms with Crippen molar-refractivity contribution in [1.29, 1.82) is 0 Å². The molecule has 0 bridgehead atoms. The van der Waals surface area contributed by atoms with E-state index in [2.05, 4.69) is 24.5 Å². The fourth-order valence-electron chi connectivity index (χ4n) is 1.33. The normalized spacial score (nSPS) is 31.6. The number of β-amino-alcohol motifs (C(OH)–C–C–N with tert-alkyl or cyclic N) is 1. The topological polar surface area (TPSA) is 44.3 Å². The minimum atomic E-state index is -0.131. The molecule has 0 radical (unpaired) electrons. The summed E-state index contributed by atoms with van der Waals surface area (Å²) in [6, 6.07) is 1.00. The lowest BCUT2D eigenvalue weighted by atomic mass is 10.2. The molecular weight excluding hydrogens is 140 g/mol. The van der Waals surface area contributed by atoms with E-state index in [1.54, 1.807) is 0 Å². The average Bonchev–Trinajstić information content (AvgIpc) is 2.31. The lowest BCUT2D eigenvalue weighted by Crippen LogP contribution is -2.37. The number of hydrogen-bond donors (Lipinski definition) is 3. The molecule has 0 aromatic rings. The zero-order valence-electron chi connectivity index (χ0n) is 7.30. The summed E-state index contributed by atoms with van der Waals surface area (Å²) in [5.41, 5.74) is 0. The maximum absolute atomic E-state index is 9.17. The fraction of sp³-hybridized carbons (Fsp3) is 1.00. The number of rotatable bonds is 3.